The van der Waals surface area contributed by atoms with E-state index in [4.69, 9.17) is 0 Å². The average molecular weight is 159 g/mol. The zero-order valence-corrected chi connectivity index (χ0v) is 7.46. The summed E-state index contributed by atoms with van der Waals surface area (Å²) < 4.78 is 0. The maximum absolute atomic E-state index is 3.08. The van der Waals surface area contributed by atoms with Crippen LogP contribution in [0.25, 0.3) is 0 Å². The lowest BCUT2D eigenvalue weighted by Crippen LogP contribution is -2.11. The highest BCUT2D eigenvalue weighted by Gasteiger charge is 2.23. The molecule has 1 unspecified atom stereocenters. The van der Waals surface area contributed by atoms with Gasteiger partial charge in [-0.05, 0) is 25.5 Å². The molecule has 0 spiro atoms. The fourth-order valence-corrected chi connectivity index (χ4v) is 1.71. The summed E-state index contributed by atoms with van der Waals surface area (Å²) >= 11 is 0. The molecule has 0 saturated heterocycles. The molecule has 1 heteroatoms. The molecule has 0 bridgehead atoms. The van der Waals surface area contributed by atoms with Gasteiger partial charge in [0.2, 0.25) is 0 Å². The summed E-state index contributed by atoms with van der Waals surface area (Å²) in [6, 6.07) is 2.12. The lowest BCUT2D eigenvalue weighted by Gasteiger charge is -2.17. The molecular weight excluding hydrogens is 146 g/mol. The zero-order chi connectivity index (χ0) is 8.60. The Balaban J connectivity index is 2.43. The Kier molecular flexibility index (Phi) is 1.47. The average Bonchev–Trinajstić information content (AvgIpc) is 2.59. The van der Waals surface area contributed by atoms with Crippen molar-refractivity contribution < 1.29 is 0 Å². The van der Waals surface area contributed by atoms with E-state index in [-0.39, 0.29) is 5.41 Å². The van der Waals surface area contributed by atoms with Crippen LogP contribution in [-0.2, 0) is 5.41 Å². The smallest absolute Gasteiger partial charge is 0.0307 e. The highest BCUT2D eigenvalue weighted by Crippen LogP contribution is 2.32. The van der Waals surface area contributed by atoms with E-state index in [1.807, 2.05) is 6.20 Å². The Morgan fingerprint density at radius 1 is 1.42 bits per heavy atom. The third kappa shape index (κ3) is 1.02. The number of nitrogens with one attached hydrogen (secondary N) is 1. The molecule has 0 radical (unpaired) electrons. The number of hydrogen-bond donors (Lipinski definition) is 1. The highest BCUT2D eigenvalue weighted by molar-refractivity contribution is 5.43. The summed E-state index contributed by atoms with van der Waals surface area (Å²) in [7, 11) is 0. The summed E-state index contributed by atoms with van der Waals surface area (Å²) in [5, 5.41) is 0. The molecular formula is C11H13N. The maximum Gasteiger partial charge on any atom is 0.0307 e. The van der Waals surface area contributed by atoms with Gasteiger partial charge in [0, 0.05) is 17.8 Å². The van der Waals surface area contributed by atoms with Gasteiger partial charge in [0.25, 0.3) is 0 Å². The van der Waals surface area contributed by atoms with Crippen molar-refractivity contribution >= 4 is 0 Å². The third-order valence-corrected chi connectivity index (χ3v) is 2.44. The maximum atomic E-state index is 3.08. The number of H-pyrrole nitrogens is 1. The topological polar surface area (TPSA) is 15.8 Å². The molecule has 0 amide bonds. The Morgan fingerprint density at radius 3 is 2.75 bits per heavy atom. The van der Waals surface area contributed by atoms with Gasteiger partial charge >= 0.3 is 0 Å². The monoisotopic (exact) mass is 159 g/mol. The normalized spacial score (nSPS) is 27.7. The van der Waals surface area contributed by atoms with Gasteiger partial charge in [0.05, 0.1) is 0 Å². The van der Waals surface area contributed by atoms with Crippen molar-refractivity contribution in [3.8, 4) is 0 Å². The van der Waals surface area contributed by atoms with E-state index in [1.54, 1.807) is 0 Å². The first kappa shape index (κ1) is 7.41. The molecule has 0 saturated carbocycles. The van der Waals surface area contributed by atoms with Gasteiger partial charge in [0.15, 0.2) is 0 Å². The SMILES string of the molecule is CC1=CC(C)(c2cc[nH]c2)C=C1. The minimum absolute atomic E-state index is 0.115. The molecule has 1 aromatic heterocycles. The summed E-state index contributed by atoms with van der Waals surface area (Å²) in [5.74, 6) is 0. The van der Waals surface area contributed by atoms with Crippen LogP contribution in [0.15, 0.2) is 42.3 Å². The number of aromatic amines is 1. The molecule has 1 atom stereocenters. The van der Waals surface area contributed by atoms with Crippen LogP contribution in [0.2, 0.25) is 0 Å². The fraction of sp³-hybridized carbons (Fsp3) is 0.273. The summed E-state index contributed by atoms with van der Waals surface area (Å²) in [6.07, 6.45) is 10.7. The van der Waals surface area contributed by atoms with Crippen LogP contribution in [-0.4, -0.2) is 4.98 Å². The molecule has 62 valence electrons. The van der Waals surface area contributed by atoms with E-state index in [9.17, 15) is 0 Å². The molecule has 1 N–H and O–H groups in total. The molecule has 1 aliphatic rings. The lowest BCUT2D eigenvalue weighted by molar-refractivity contribution is 0.769. The largest absolute Gasteiger partial charge is 0.367 e. The molecule has 0 aromatic carbocycles. The molecule has 1 nitrogen and oxygen atoms in total. The van der Waals surface area contributed by atoms with Crippen molar-refractivity contribution in [3.05, 3.63) is 47.8 Å². The summed E-state index contributed by atoms with van der Waals surface area (Å²) in [6.45, 7) is 4.36. The number of aromatic nitrogens is 1. The summed E-state index contributed by atoms with van der Waals surface area (Å²) in [4.78, 5) is 3.08. The van der Waals surface area contributed by atoms with Crippen LogP contribution in [0.3, 0.4) is 0 Å². The second kappa shape index (κ2) is 2.37. The minimum Gasteiger partial charge on any atom is -0.367 e. The zero-order valence-electron chi connectivity index (χ0n) is 7.46. The van der Waals surface area contributed by atoms with Gasteiger partial charge < -0.3 is 4.98 Å². The van der Waals surface area contributed by atoms with Crippen molar-refractivity contribution in [1.29, 1.82) is 0 Å². The molecule has 1 heterocycles. The molecule has 12 heavy (non-hydrogen) atoms. The van der Waals surface area contributed by atoms with Crippen molar-refractivity contribution in [3.63, 3.8) is 0 Å². The molecule has 1 aromatic rings. The van der Waals surface area contributed by atoms with Crippen LogP contribution >= 0.6 is 0 Å². The molecule has 0 aliphatic heterocycles. The fourth-order valence-electron chi connectivity index (χ4n) is 1.71. The summed E-state index contributed by atoms with van der Waals surface area (Å²) in [5.41, 5.74) is 2.79. The molecule has 2 rings (SSSR count). The van der Waals surface area contributed by atoms with Crippen LogP contribution in [0, 0.1) is 0 Å². The minimum atomic E-state index is 0.115. The standard InChI is InChI=1S/C11H13N/c1-9-3-5-11(2,7-9)10-4-6-12-8-10/h3-8,12H,1-2H3. The van der Waals surface area contributed by atoms with E-state index in [1.165, 1.54) is 11.1 Å². The van der Waals surface area contributed by atoms with Crippen molar-refractivity contribution in [2.75, 3.05) is 0 Å². The first-order valence-electron chi connectivity index (χ1n) is 4.23. The van der Waals surface area contributed by atoms with Crippen LogP contribution in [0.4, 0.5) is 0 Å². The van der Waals surface area contributed by atoms with Crippen molar-refractivity contribution in [1.82, 2.24) is 4.98 Å². The van der Waals surface area contributed by atoms with Gasteiger partial charge in [-0.2, -0.15) is 0 Å². The first-order chi connectivity index (χ1) is 5.71. The van der Waals surface area contributed by atoms with Gasteiger partial charge in [-0.15, -0.1) is 0 Å². The van der Waals surface area contributed by atoms with E-state index < -0.39 is 0 Å². The van der Waals surface area contributed by atoms with Gasteiger partial charge in [-0.1, -0.05) is 23.8 Å². The van der Waals surface area contributed by atoms with Crippen molar-refractivity contribution in [2.24, 2.45) is 0 Å². The Bertz CT molecular complexity index is 330. The van der Waals surface area contributed by atoms with Crippen molar-refractivity contribution in [2.45, 2.75) is 19.3 Å². The first-order valence-corrected chi connectivity index (χ1v) is 4.23. The van der Waals surface area contributed by atoms with Crippen LogP contribution in [0.1, 0.15) is 19.4 Å². The van der Waals surface area contributed by atoms with E-state index in [2.05, 4.69) is 49.3 Å². The Hall–Kier alpha value is -1.24. The predicted molar refractivity (Wildman–Crippen MR) is 51.0 cm³/mol. The van der Waals surface area contributed by atoms with E-state index in [0.717, 1.165) is 0 Å². The molecule has 0 fully saturated rings. The van der Waals surface area contributed by atoms with E-state index >= 15 is 0 Å². The van der Waals surface area contributed by atoms with Crippen LogP contribution < -0.4 is 0 Å². The predicted octanol–water partition coefficient (Wildman–Crippen LogP) is 2.79. The molecule has 1 aliphatic carbocycles. The number of rotatable bonds is 1. The van der Waals surface area contributed by atoms with Crippen LogP contribution in [0.5, 0.6) is 0 Å². The number of allylic oxidation sites excluding steroid dienone is 4. The van der Waals surface area contributed by atoms with Gasteiger partial charge in [-0.25, -0.2) is 0 Å². The Morgan fingerprint density at radius 2 is 2.25 bits per heavy atom. The lowest BCUT2D eigenvalue weighted by atomic mass is 9.86. The second-order valence-electron chi connectivity index (χ2n) is 3.60. The second-order valence-corrected chi connectivity index (χ2v) is 3.60. The van der Waals surface area contributed by atoms with E-state index in [0.29, 0.717) is 0 Å². The van der Waals surface area contributed by atoms with Gasteiger partial charge in [0.1, 0.15) is 0 Å². The number of hydrogen-bond acceptors (Lipinski definition) is 0. The Labute approximate surface area is 72.8 Å². The quantitative estimate of drug-likeness (QED) is 0.648. The highest BCUT2D eigenvalue weighted by atomic mass is 14.6. The van der Waals surface area contributed by atoms with Gasteiger partial charge in [-0.3, -0.25) is 0 Å². The third-order valence-electron chi connectivity index (χ3n) is 2.44.